The Hall–Kier alpha value is -0.916. The zero-order valence-electron chi connectivity index (χ0n) is 11.1. The van der Waals surface area contributed by atoms with Crippen molar-refractivity contribution in [3.05, 3.63) is 30.3 Å². The average Bonchev–Trinajstić information content (AvgIpc) is 2.15. The second-order valence-corrected chi connectivity index (χ2v) is 12.4. The van der Waals surface area contributed by atoms with Crippen LogP contribution in [0.5, 0.6) is 0 Å². The summed E-state index contributed by atoms with van der Waals surface area (Å²) in [5.74, 6) is -0.264. The molecule has 17 heavy (non-hydrogen) atoms. The molecule has 0 unspecified atom stereocenters. The van der Waals surface area contributed by atoms with Gasteiger partial charge in [0.15, 0.2) is 0 Å². The molecule has 5 heteroatoms. The van der Waals surface area contributed by atoms with Gasteiger partial charge in [-0.2, -0.15) is 0 Å². The summed E-state index contributed by atoms with van der Waals surface area (Å²) in [4.78, 5) is 11.0. The summed E-state index contributed by atoms with van der Waals surface area (Å²) in [7, 11) is -4.37. The van der Waals surface area contributed by atoms with Crippen molar-refractivity contribution in [3.8, 4) is 0 Å². The molecule has 1 aromatic carbocycles. The maximum Gasteiger partial charge on any atom is 0.385 e. The molecule has 3 nitrogen and oxygen atoms in total. The van der Waals surface area contributed by atoms with Gasteiger partial charge in [-0.15, -0.1) is 0 Å². The van der Waals surface area contributed by atoms with Crippen LogP contribution in [0, 0.1) is 0 Å². The quantitative estimate of drug-likeness (QED) is 0.787. The van der Waals surface area contributed by atoms with Crippen molar-refractivity contribution in [2.45, 2.75) is 33.1 Å². The first-order chi connectivity index (χ1) is 7.73. The summed E-state index contributed by atoms with van der Waals surface area (Å²) in [5.41, 5.74) is 0. The van der Waals surface area contributed by atoms with Gasteiger partial charge in [0.25, 0.3) is 5.97 Å². The Bertz CT molecular complexity index is 388. The van der Waals surface area contributed by atoms with Crippen molar-refractivity contribution < 1.29 is 13.3 Å². The van der Waals surface area contributed by atoms with E-state index in [0.717, 1.165) is 0 Å². The minimum Gasteiger partial charge on any atom is -0.495 e. The van der Waals surface area contributed by atoms with Crippen LogP contribution in [-0.4, -0.2) is 22.8 Å². The maximum absolute atomic E-state index is 11.0. The van der Waals surface area contributed by atoms with Gasteiger partial charge in [0.1, 0.15) is 0 Å². The summed E-state index contributed by atoms with van der Waals surface area (Å²) < 4.78 is 11.5. The highest BCUT2D eigenvalue weighted by atomic mass is 28.4. The summed E-state index contributed by atoms with van der Waals surface area (Å²) in [6, 6.07) is 10.2. The van der Waals surface area contributed by atoms with Gasteiger partial charge >= 0.3 is 8.56 Å². The van der Waals surface area contributed by atoms with Crippen LogP contribution < -0.4 is 5.19 Å². The summed E-state index contributed by atoms with van der Waals surface area (Å²) in [6.07, 6.45) is 0. The SMILES string of the molecule is CC(=O)O[Si](C)(C)O[Si](C)(C)c1ccccc1. The number of carbonyl (C=O) groups is 1. The minimum absolute atomic E-state index is 0.264. The highest BCUT2D eigenvalue weighted by Crippen LogP contribution is 2.15. The molecule has 0 aromatic heterocycles. The topological polar surface area (TPSA) is 35.5 Å². The average molecular weight is 268 g/mol. The van der Waals surface area contributed by atoms with E-state index in [1.54, 1.807) is 0 Å². The molecule has 1 aromatic rings. The maximum atomic E-state index is 11.0. The lowest BCUT2D eigenvalue weighted by atomic mass is 10.4. The van der Waals surface area contributed by atoms with Crippen LogP contribution in [0.4, 0.5) is 0 Å². The Morgan fingerprint density at radius 1 is 1.06 bits per heavy atom. The van der Waals surface area contributed by atoms with Crippen molar-refractivity contribution in [1.82, 2.24) is 0 Å². The third kappa shape index (κ3) is 4.45. The van der Waals surface area contributed by atoms with Crippen molar-refractivity contribution in [2.24, 2.45) is 0 Å². The summed E-state index contributed by atoms with van der Waals surface area (Å²) in [6.45, 7) is 9.49. The molecular formula is C12H20O3Si2. The normalized spacial score (nSPS) is 12.3. The van der Waals surface area contributed by atoms with Gasteiger partial charge in [0.05, 0.1) is 0 Å². The highest BCUT2D eigenvalue weighted by Gasteiger charge is 2.37. The second-order valence-electron chi connectivity index (χ2n) is 4.97. The zero-order chi connectivity index (χ0) is 13.1. The lowest BCUT2D eigenvalue weighted by molar-refractivity contribution is -0.133. The first kappa shape index (κ1) is 14.1. The second kappa shape index (κ2) is 5.16. The third-order valence-corrected chi connectivity index (χ3v) is 8.87. The van der Waals surface area contributed by atoms with E-state index in [1.165, 1.54) is 12.1 Å². The molecule has 0 aliphatic rings. The van der Waals surface area contributed by atoms with Gasteiger partial charge in [-0.1, -0.05) is 30.3 Å². The van der Waals surface area contributed by atoms with E-state index in [1.807, 2.05) is 31.3 Å². The largest absolute Gasteiger partial charge is 0.495 e. The Kier molecular flexibility index (Phi) is 4.29. The Balaban J connectivity index is 2.83. The number of hydrogen-bond acceptors (Lipinski definition) is 3. The fourth-order valence-corrected chi connectivity index (χ4v) is 9.12. The van der Waals surface area contributed by atoms with Crippen LogP contribution in [-0.2, 0) is 13.3 Å². The van der Waals surface area contributed by atoms with Crippen molar-refractivity contribution >= 4 is 28.0 Å². The van der Waals surface area contributed by atoms with E-state index in [4.69, 9.17) is 8.54 Å². The van der Waals surface area contributed by atoms with Gasteiger partial charge < -0.3 is 8.54 Å². The van der Waals surface area contributed by atoms with E-state index in [9.17, 15) is 4.79 Å². The third-order valence-electron chi connectivity index (χ3n) is 2.36. The summed E-state index contributed by atoms with van der Waals surface area (Å²) >= 11 is 0. The molecule has 94 valence electrons. The predicted octanol–water partition coefficient (Wildman–Crippen LogP) is 2.38. The monoisotopic (exact) mass is 268 g/mol. The van der Waals surface area contributed by atoms with Crippen LogP contribution in [0.1, 0.15) is 6.92 Å². The lowest BCUT2D eigenvalue weighted by Crippen LogP contribution is -2.54. The van der Waals surface area contributed by atoms with Gasteiger partial charge in [-0.3, -0.25) is 4.79 Å². The molecule has 0 atom stereocenters. The number of rotatable bonds is 4. The van der Waals surface area contributed by atoms with E-state index in [0.29, 0.717) is 0 Å². The molecule has 0 aliphatic carbocycles. The van der Waals surface area contributed by atoms with Crippen molar-refractivity contribution in [1.29, 1.82) is 0 Å². The molecule has 0 heterocycles. The minimum atomic E-state index is -2.37. The molecule has 0 radical (unpaired) electrons. The van der Waals surface area contributed by atoms with Gasteiger partial charge in [-0.25, -0.2) is 0 Å². The smallest absolute Gasteiger partial charge is 0.385 e. The van der Waals surface area contributed by atoms with E-state index < -0.39 is 16.9 Å². The van der Waals surface area contributed by atoms with E-state index in [-0.39, 0.29) is 5.97 Å². The Morgan fingerprint density at radius 2 is 1.59 bits per heavy atom. The van der Waals surface area contributed by atoms with Gasteiger partial charge in [0.2, 0.25) is 8.32 Å². The predicted molar refractivity (Wildman–Crippen MR) is 73.9 cm³/mol. The first-order valence-electron chi connectivity index (χ1n) is 5.68. The Labute approximate surface area is 105 Å². The molecule has 0 amide bonds. The van der Waals surface area contributed by atoms with Crippen LogP contribution in [0.25, 0.3) is 0 Å². The number of benzene rings is 1. The molecule has 0 spiro atoms. The van der Waals surface area contributed by atoms with Gasteiger partial charge in [-0.05, 0) is 31.4 Å². The van der Waals surface area contributed by atoms with Crippen LogP contribution >= 0.6 is 0 Å². The lowest BCUT2D eigenvalue weighted by Gasteiger charge is -2.32. The zero-order valence-corrected chi connectivity index (χ0v) is 13.1. The molecular weight excluding hydrogens is 248 g/mol. The molecule has 0 saturated carbocycles. The highest BCUT2D eigenvalue weighted by molar-refractivity contribution is 6.91. The number of carbonyl (C=O) groups excluding carboxylic acids is 1. The molecule has 0 fully saturated rings. The van der Waals surface area contributed by atoms with Crippen molar-refractivity contribution in [2.75, 3.05) is 0 Å². The van der Waals surface area contributed by atoms with Crippen LogP contribution in [0.3, 0.4) is 0 Å². The van der Waals surface area contributed by atoms with Crippen LogP contribution in [0.15, 0.2) is 30.3 Å². The first-order valence-corrected chi connectivity index (χ1v) is 11.4. The molecule has 0 saturated heterocycles. The molecule has 0 bridgehead atoms. The number of hydrogen-bond donors (Lipinski definition) is 0. The van der Waals surface area contributed by atoms with Gasteiger partial charge in [0, 0.05) is 6.92 Å². The standard InChI is InChI=1S/C12H20O3Si2/c1-11(13)14-17(4,5)15-16(2,3)12-9-7-6-8-10-12/h6-10H,1-5H3. The summed E-state index contributed by atoms with van der Waals surface area (Å²) in [5, 5.41) is 1.22. The molecule has 1 rings (SSSR count). The molecule has 0 N–H and O–H groups in total. The van der Waals surface area contributed by atoms with Crippen LogP contribution in [0.2, 0.25) is 26.2 Å². The molecule has 0 aliphatic heterocycles. The Morgan fingerprint density at radius 3 is 2.06 bits per heavy atom. The van der Waals surface area contributed by atoms with E-state index >= 15 is 0 Å². The fourth-order valence-electron chi connectivity index (χ4n) is 1.88. The fraction of sp³-hybridized carbons (Fsp3) is 0.417. The van der Waals surface area contributed by atoms with Crippen molar-refractivity contribution in [3.63, 3.8) is 0 Å². The van der Waals surface area contributed by atoms with E-state index in [2.05, 4.69) is 25.2 Å².